The molecule has 14 heavy (non-hydrogen) atoms. The van der Waals surface area contributed by atoms with Gasteiger partial charge in [-0.25, -0.2) is 4.98 Å². The van der Waals surface area contributed by atoms with Crippen molar-refractivity contribution in [3.63, 3.8) is 0 Å². The predicted octanol–water partition coefficient (Wildman–Crippen LogP) is 0.955. The van der Waals surface area contributed by atoms with Crippen molar-refractivity contribution in [1.29, 1.82) is 0 Å². The van der Waals surface area contributed by atoms with E-state index >= 15 is 0 Å². The molecule has 0 atom stereocenters. The van der Waals surface area contributed by atoms with Gasteiger partial charge >= 0.3 is 0 Å². The third-order valence-corrected chi connectivity index (χ3v) is 2.30. The van der Waals surface area contributed by atoms with E-state index in [0.717, 1.165) is 18.7 Å². The van der Waals surface area contributed by atoms with E-state index in [0.29, 0.717) is 11.7 Å². The van der Waals surface area contributed by atoms with Crippen LogP contribution in [-0.4, -0.2) is 28.7 Å². The van der Waals surface area contributed by atoms with E-state index in [1.807, 2.05) is 12.4 Å². The van der Waals surface area contributed by atoms with E-state index in [9.17, 15) is 0 Å². The van der Waals surface area contributed by atoms with Crippen molar-refractivity contribution in [2.75, 3.05) is 13.6 Å². The van der Waals surface area contributed by atoms with Gasteiger partial charge in [-0.3, -0.25) is 0 Å². The largest absolute Gasteiger partial charge is 0.332 e. The van der Waals surface area contributed by atoms with Crippen LogP contribution in [0.5, 0.6) is 0 Å². The van der Waals surface area contributed by atoms with Crippen LogP contribution in [0.15, 0.2) is 15.4 Å². The standard InChI is InChI=1S/C8H10N4OS/c1-9-3-2-7-11-8(13-12-7)6-4-14-5-10-6/h4-5,9H,2-3H2,1H3. The normalized spacial score (nSPS) is 10.6. The number of nitrogens with zero attached hydrogens (tertiary/aromatic N) is 3. The fourth-order valence-corrected chi connectivity index (χ4v) is 1.54. The van der Waals surface area contributed by atoms with Crippen molar-refractivity contribution in [2.45, 2.75) is 6.42 Å². The molecule has 0 aromatic carbocycles. The Labute approximate surface area is 85.2 Å². The van der Waals surface area contributed by atoms with Gasteiger partial charge in [-0.2, -0.15) is 4.98 Å². The van der Waals surface area contributed by atoms with Gasteiger partial charge in [0.1, 0.15) is 5.69 Å². The number of hydrogen-bond acceptors (Lipinski definition) is 6. The number of likely N-dealkylation sites (N-methyl/N-ethyl adjacent to an activating group) is 1. The highest BCUT2D eigenvalue weighted by molar-refractivity contribution is 7.07. The molecule has 6 heteroatoms. The van der Waals surface area contributed by atoms with Gasteiger partial charge in [0.25, 0.3) is 5.89 Å². The highest BCUT2D eigenvalue weighted by atomic mass is 32.1. The summed E-state index contributed by atoms with van der Waals surface area (Å²) >= 11 is 1.51. The van der Waals surface area contributed by atoms with Crippen LogP contribution in [0.1, 0.15) is 5.82 Å². The molecule has 2 rings (SSSR count). The van der Waals surface area contributed by atoms with E-state index in [1.54, 1.807) is 5.51 Å². The summed E-state index contributed by atoms with van der Waals surface area (Å²) in [5.41, 5.74) is 2.49. The minimum absolute atomic E-state index is 0.498. The number of thiazole rings is 1. The summed E-state index contributed by atoms with van der Waals surface area (Å²) in [6.07, 6.45) is 0.768. The second kappa shape index (κ2) is 4.30. The Balaban J connectivity index is 2.10. The highest BCUT2D eigenvalue weighted by Gasteiger charge is 2.09. The second-order valence-electron chi connectivity index (χ2n) is 2.74. The molecule has 0 aliphatic heterocycles. The minimum atomic E-state index is 0.498. The Morgan fingerprint density at radius 2 is 2.50 bits per heavy atom. The van der Waals surface area contributed by atoms with E-state index in [-0.39, 0.29) is 0 Å². The topological polar surface area (TPSA) is 63.8 Å². The molecule has 2 heterocycles. The van der Waals surface area contributed by atoms with Crippen LogP contribution in [0.2, 0.25) is 0 Å². The van der Waals surface area contributed by atoms with Crippen LogP contribution >= 0.6 is 11.3 Å². The van der Waals surface area contributed by atoms with Gasteiger partial charge in [-0.05, 0) is 7.05 Å². The minimum Gasteiger partial charge on any atom is -0.332 e. The molecule has 5 nitrogen and oxygen atoms in total. The Kier molecular flexibility index (Phi) is 2.85. The second-order valence-corrected chi connectivity index (χ2v) is 3.46. The Bertz CT molecular complexity index is 384. The lowest BCUT2D eigenvalue weighted by atomic mass is 10.4. The summed E-state index contributed by atoms with van der Waals surface area (Å²) in [4.78, 5) is 8.30. The molecule has 0 fully saturated rings. The quantitative estimate of drug-likeness (QED) is 0.814. The SMILES string of the molecule is CNCCc1noc(-c2cscn2)n1. The van der Waals surface area contributed by atoms with Crippen LogP contribution in [0.3, 0.4) is 0 Å². The molecule has 0 saturated carbocycles. The molecule has 0 spiro atoms. The molecule has 0 unspecified atom stereocenters. The molecule has 0 amide bonds. The van der Waals surface area contributed by atoms with Crippen molar-refractivity contribution in [3.05, 3.63) is 16.7 Å². The fraction of sp³-hybridized carbons (Fsp3) is 0.375. The lowest BCUT2D eigenvalue weighted by molar-refractivity contribution is 0.421. The van der Waals surface area contributed by atoms with Crippen LogP contribution < -0.4 is 5.32 Å². The molecular formula is C8H10N4OS. The van der Waals surface area contributed by atoms with Crippen molar-refractivity contribution in [3.8, 4) is 11.6 Å². The van der Waals surface area contributed by atoms with Gasteiger partial charge in [-0.1, -0.05) is 5.16 Å². The van der Waals surface area contributed by atoms with Crippen molar-refractivity contribution < 1.29 is 4.52 Å². The van der Waals surface area contributed by atoms with Crippen molar-refractivity contribution in [2.24, 2.45) is 0 Å². The van der Waals surface area contributed by atoms with Gasteiger partial charge in [0.05, 0.1) is 5.51 Å². The Hall–Kier alpha value is -1.27. The maximum Gasteiger partial charge on any atom is 0.277 e. The molecule has 0 aliphatic rings. The van der Waals surface area contributed by atoms with Crippen LogP contribution in [0, 0.1) is 0 Å². The predicted molar refractivity (Wildman–Crippen MR) is 53.0 cm³/mol. The molecule has 0 bridgehead atoms. The lowest BCUT2D eigenvalue weighted by Gasteiger charge is -1.90. The fourth-order valence-electron chi connectivity index (χ4n) is 1.01. The van der Waals surface area contributed by atoms with E-state index in [1.165, 1.54) is 11.3 Å². The first-order chi connectivity index (χ1) is 6.90. The number of nitrogens with one attached hydrogen (secondary N) is 1. The number of hydrogen-bond donors (Lipinski definition) is 1. The van der Waals surface area contributed by atoms with E-state index in [2.05, 4.69) is 20.4 Å². The summed E-state index contributed by atoms with van der Waals surface area (Å²) < 4.78 is 5.06. The molecule has 1 N–H and O–H groups in total. The number of rotatable bonds is 4. The zero-order valence-corrected chi connectivity index (χ0v) is 8.54. The summed E-state index contributed by atoms with van der Waals surface area (Å²) in [6, 6.07) is 0. The molecule has 74 valence electrons. The molecule has 2 aromatic heterocycles. The van der Waals surface area contributed by atoms with E-state index in [4.69, 9.17) is 4.52 Å². The highest BCUT2D eigenvalue weighted by Crippen LogP contribution is 2.16. The van der Waals surface area contributed by atoms with Gasteiger partial charge < -0.3 is 9.84 Å². The van der Waals surface area contributed by atoms with Crippen LogP contribution in [0.4, 0.5) is 0 Å². The first kappa shape index (κ1) is 9.29. The van der Waals surface area contributed by atoms with Gasteiger partial charge in [0.2, 0.25) is 0 Å². The average Bonchev–Trinajstić information content (AvgIpc) is 2.85. The Morgan fingerprint density at radius 1 is 1.57 bits per heavy atom. The summed E-state index contributed by atoms with van der Waals surface area (Å²) in [5.74, 6) is 1.21. The van der Waals surface area contributed by atoms with Crippen molar-refractivity contribution >= 4 is 11.3 Å². The molecule has 0 saturated heterocycles. The zero-order valence-electron chi connectivity index (χ0n) is 7.73. The number of aromatic nitrogens is 3. The molecular weight excluding hydrogens is 200 g/mol. The van der Waals surface area contributed by atoms with Crippen molar-refractivity contribution in [1.82, 2.24) is 20.4 Å². The maximum atomic E-state index is 5.06. The first-order valence-corrected chi connectivity index (χ1v) is 5.20. The third kappa shape index (κ3) is 1.97. The van der Waals surface area contributed by atoms with E-state index < -0.39 is 0 Å². The van der Waals surface area contributed by atoms with Gasteiger partial charge in [-0.15, -0.1) is 11.3 Å². The van der Waals surface area contributed by atoms with Crippen LogP contribution in [0.25, 0.3) is 11.6 Å². The monoisotopic (exact) mass is 210 g/mol. The first-order valence-electron chi connectivity index (χ1n) is 4.26. The van der Waals surface area contributed by atoms with Crippen LogP contribution in [-0.2, 0) is 6.42 Å². The molecule has 0 radical (unpaired) electrons. The Morgan fingerprint density at radius 3 is 3.21 bits per heavy atom. The molecule has 0 aliphatic carbocycles. The summed E-state index contributed by atoms with van der Waals surface area (Å²) in [7, 11) is 1.89. The smallest absolute Gasteiger partial charge is 0.277 e. The summed E-state index contributed by atoms with van der Waals surface area (Å²) in [5, 5.41) is 8.76. The van der Waals surface area contributed by atoms with Gasteiger partial charge in [0.15, 0.2) is 5.82 Å². The average molecular weight is 210 g/mol. The third-order valence-electron chi connectivity index (χ3n) is 1.72. The summed E-state index contributed by atoms with van der Waals surface area (Å²) in [6.45, 7) is 0.843. The zero-order chi connectivity index (χ0) is 9.80. The van der Waals surface area contributed by atoms with Gasteiger partial charge in [0, 0.05) is 18.3 Å². The molecule has 2 aromatic rings. The lowest BCUT2D eigenvalue weighted by Crippen LogP contribution is -2.10. The maximum absolute atomic E-state index is 5.06.